The maximum absolute atomic E-state index is 12.0. The van der Waals surface area contributed by atoms with Gasteiger partial charge in [-0.1, -0.05) is 0 Å². The molecule has 1 rings (SSSR count). The van der Waals surface area contributed by atoms with Crippen LogP contribution in [0, 0.1) is 0 Å². The van der Waals surface area contributed by atoms with Gasteiger partial charge in [0.25, 0.3) is 0 Å². The first kappa shape index (κ1) is 14.5. The average Bonchev–Trinajstić information content (AvgIpc) is 2.51. The summed E-state index contributed by atoms with van der Waals surface area (Å²) in [5.41, 5.74) is 0. The second-order valence-corrected chi connectivity index (χ2v) is 4.18. The van der Waals surface area contributed by atoms with Crippen LogP contribution in [0.25, 0.3) is 0 Å². The van der Waals surface area contributed by atoms with Crippen LogP contribution in [-0.2, 0) is 19.1 Å². The van der Waals surface area contributed by atoms with Crippen LogP contribution >= 0.6 is 0 Å². The number of amides is 2. The molecule has 2 amide bonds. The Labute approximate surface area is 107 Å². The highest BCUT2D eigenvalue weighted by atomic mass is 16.5. The number of nitrogens with one attached hydrogen (secondary N) is 1. The third kappa shape index (κ3) is 4.35. The highest BCUT2D eigenvalue weighted by Gasteiger charge is 2.26. The largest absolute Gasteiger partial charge is 0.466 e. The summed E-state index contributed by atoms with van der Waals surface area (Å²) in [7, 11) is 0. The van der Waals surface area contributed by atoms with Crippen LogP contribution in [0.3, 0.4) is 0 Å². The summed E-state index contributed by atoms with van der Waals surface area (Å²) >= 11 is 0. The fourth-order valence-electron chi connectivity index (χ4n) is 1.99. The normalized spacial score (nSPS) is 20.2. The van der Waals surface area contributed by atoms with Crippen molar-refractivity contribution in [2.75, 3.05) is 19.7 Å². The van der Waals surface area contributed by atoms with E-state index in [0.717, 1.165) is 12.8 Å². The summed E-state index contributed by atoms with van der Waals surface area (Å²) in [6.45, 7) is 3.05. The van der Waals surface area contributed by atoms with E-state index in [1.165, 1.54) is 0 Å². The maximum Gasteiger partial charge on any atom is 0.309 e. The fraction of sp³-hybridized carbons (Fsp3) is 0.750. The summed E-state index contributed by atoms with van der Waals surface area (Å²) < 4.78 is 4.82. The monoisotopic (exact) mass is 255 g/mol. The molecular formula is C12H19N2O4. The zero-order valence-corrected chi connectivity index (χ0v) is 10.6. The lowest BCUT2D eigenvalue weighted by molar-refractivity contribution is -0.144. The van der Waals surface area contributed by atoms with Gasteiger partial charge in [-0.3, -0.25) is 14.4 Å². The number of carbonyl (C=O) groups is 2. The number of rotatable bonds is 6. The molecule has 0 aliphatic carbocycles. The highest BCUT2D eigenvalue weighted by Crippen LogP contribution is 2.12. The van der Waals surface area contributed by atoms with Crippen molar-refractivity contribution < 1.29 is 19.1 Å². The minimum absolute atomic E-state index is 0.139. The van der Waals surface area contributed by atoms with E-state index in [1.54, 1.807) is 18.2 Å². The predicted octanol–water partition coefficient (Wildman–Crippen LogP) is -0.0225. The molecule has 1 aliphatic rings. The van der Waals surface area contributed by atoms with Crippen molar-refractivity contribution in [3.05, 3.63) is 0 Å². The van der Waals surface area contributed by atoms with E-state index in [1.807, 2.05) is 0 Å². The molecule has 0 aromatic carbocycles. The topological polar surface area (TPSA) is 75.7 Å². The molecule has 1 saturated heterocycles. The minimum Gasteiger partial charge on any atom is -0.466 e. The molecule has 0 aromatic heterocycles. The zero-order valence-electron chi connectivity index (χ0n) is 10.6. The van der Waals surface area contributed by atoms with Crippen molar-refractivity contribution in [2.45, 2.75) is 38.6 Å². The number of nitrogens with zero attached hydrogens (tertiary/aromatic N) is 1. The molecule has 18 heavy (non-hydrogen) atoms. The molecule has 0 bridgehead atoms. The Morgan fingerprint density at radius 2 is 2.33 bits per heavy atom. The zero-order chi connectivity index (χ0) is 13.4. The Balaban J connectivity index is 2.49. The molecule has 1 N–H and O–H groups in total. The van der Waals surface area contributed by atoms with Gasteiger partial charge in [-0.15, -0.1) is 0 Å². The minimum atomic E-state index is -0.507. The molecule has 6 nitrogen and oxygen atoms in total. The molecule has 0 spiro atoms. The Morgan fingerprint density at radius 3 is 3.00 bits per heavy atom. The van der Waals surface area contributed by atoms with Crippen molar-refractivity contribution >= 4 is 18.3 Å². The quantitative estimate of drug-likeness (QED) is 0.534. The van der Waals surface area contributed by atoms with Gasteiger partial charge in [-0.05, 0) is 26.2 Å². The van der Waals surface area contributed by atoms with Gasteiger partial charge in [0.05, 0.1) is 13.0 Å². The van der Waals surface area contributed by atoms with Crippen molar-refractivity contribution in [3.8, 4) is 0 Å². The van der Waals surface area contributed by atoms with Gasteiger partial charge in [-0.2, -0.15) is 0 Å². The van der Waals surface area contributed by atoms with Crippen molar-refractivity contribution in [2.24, 2.45) is 0 Å². The second kappa shape index (κ2) is 7.68. The molecule has 1 heterocycles. The van der Waals surface area contributed by atoms with E-state index < -0.39 is 6.04 Å². The van der Waals surface area contributed by atoms with Crippen LogP contribution in [-0.4, -0.2) is 48.9 Å². The first-order valence-electron chi connectivity index (χ1n) is 6.26. The van der Waals surface area contributed by atoms with Crippen LogP contribution < -0.4 is 5.32 Å². The van der Waals surface area contributed by atoms with Gasteiger partial charge in [0.1, 0.15) is 6.04 Å². The third-order valence-electron chi connectivity index (χ3n) is 2.90. The van der Waals surface area contributed by atoms with Gasteiger partial charge < -0.3 is 15.0 Å². The number of carbonyl (C=O) groups excluding carboxylic acids is 3. The molecule has 0 aromatic rings. The maximum atomic E-state index is 12.0. The lowest BCUT2D eigenvalue weighted by Gasteiger charge is -2.23. The third-order valence-corrected chi connectivity index (χ3v) is 2.90. The molecule has 1 aliphatic heterocycles. The van der Waals surface area contributed by atoms with Crippen LogP contribution in [0.1, 0.15) is 32.6 Å². The van der Waals surface area contributed by atoms with Gasteiger partial charge >= 0.3 is 12.4 Å². The van der Waals surface area contributed by atoms with E-state index in [2.05, 4.69) is 5.32 Å². The fourth-order valence-corrected chi connectivity index (χ4v) is 1.99. The summed E-state index contributed by atoms with van der Waals surface area (Å²) in [4.78, 5) is 35.2. The lowest BCUT2D eigenvalue weighted by atomic mass is 10.1. The average molecular weight is 255 g/mol. The lowest BCUT2D eigenvalue weighted by Crippen LogP contribution is -2.45. The SMILES string of the molecule is CCOC(=O)CCN1CCCC[C@H](N[C]=O)C1=O. The molecule has 0 saturated carbocycles. The second-order valence-electron chi connectivity index (χ2n) is 4.18. The summed E-state index contributed by atoms with van der Waals surface area (Å²) in [6.07, 6.45) is 4.14. The van der Waals surface area contributed by atoms with Gasteiger partial charge in [0.15, 0.2) is 0 Å². The van der Waals surface area contributed by atoms with Gasteiger partial charge in [0.2, 0.25) is 5.91 Å². The molecule has 1 atom stereocenters. The number of likely N-dealkylation sites (tertiary alicyclic amines) is 1. The first-order valence-corrected chi connectivity index (χ1v) is 6.26. The smallest absolute Gasteiger partial charge is 0.309 e. The summed E-state index contributed by atoms with van der Waals surface area (Å²) in [6, 6.07) is -0.507. The molecule has 0 unspecified atom stereocenters. The van der Waals surface area contributed by atoms with E-state index in [9.17, 15) is 14.4 Å². The Morgan fingerprint density at radius 1 is 1.56 bits per heavy atom. The molecule has 101 valence electrons. The van der Waals surface area contributed by atoms with Crippen LogP contribution in [0.15, 0.2) is 0 Å². The van der Waals surface area contributed by atoms with Gasteiger partial charge in [0, 0.05) is 13.1 Å². The summed E-state index contributed by atoms with van der Waals surface area (Å²) in [5, 5.41) is 2.40. The Kier molecular flexibility index (Phi) is 6.18. The van der Waals surface area contributed by atoms with Gasteiger partial charge in [-0.25, -0.2) is 0 Å². The molecule has 1 radical (unpaired) electrons. The van der Waals surface area contributed by atoms with Crippen LogP contribution in [0.2, 0.25) is 0 Å². The van der Waals surface area contributed by atoms with Crippen molar-refractivity contribution in [1.82, 2.24) is 10.2 Å². The van der Waals surface area contributed by atoms with E-state index in [4.69, 9.17) is 4.74 Å². The summed E-state index contributed by atoms with van der Waals surface area (Å²) in [5.74, 6) is -0.443. The molecule has 6 heteroatoms. The predicted molar refractivity (Wildman–Crippen MR) is 64.3 cm³/mol. The van der Waals surface area contributed by atoms with E-state index in [-0.39, 0.29) is 18.3 Å². The van der Waals surface area contributed by atoms with E-state index in [0.29, 0.717) is 26.1 Å². The van der Waals surface area contributed by atoms with Crippen molar-refractivity contribution in [3.63, 3.8) is 0 Å². The van der Waals surface area contributed by atoms with Crippen LogP contribution in [0.5, 0.6) is 0 Å². The van der Waals surface area contributed by atoms with Crippen molar-refractivity contribution in [1.29, 1.82) is 0 Å². The van der Waals surface area contributed by atoms with Crippen LogP contribution in [0.4, 0.5) is 0 Å². The number of ether oxygens (including phenoxy) is 1. The Bertz CT molecular complexity index is 306. The first-order chi connectivity index (χ1) is 8.69. The van der Waals surface area contributed by atoms with E-state index >= 15 is 0 Å². The highest BCUT2D eigenvalue weighted by molar-refractivity contribution is 5.84. The molecular weight excluding hydrogens is 236 g/mol. The Hall–Kier alpha value is -1.59. The number of hydrogen-bond acceptors (Lipinski definition) is 4. The number of hydrogen-bond donors (Lipinski definition) is 1. The molecule has 1 fully saturated rings. The number of esters is 1. The standard InChI is InChI=1S/C12H19N2O4/c1-2-18-11(16)6-8-14-7-4-3-5-10(12(14)17)13-9-15/h10H,2-8H2,1H3,(H,13,15)/t10-/m0/s1.